The summed E-state index contributed by atoms with van der Waals surface area (Å²) >= 11 is 0. The number of carbonyl (C=O) groups is 1. The second kappa shape index (κ2) is 3.98. The highest BCUT2D eigenvalue weighted by Gasteiger charge is 2.74. The second-order valence-corrected chi connectivity index (χ2v) is 7.52. The van der Waals surface area contributed by atoms with Crippen molar-refractivity contribution in [3.05, 3.63) is 0 Å². The van der Waals surface area contributed by atoms with E-state index >= 15 is 0 Å². The van der Waals surface area contributed by atoms with Crippen LogP contribution < -0.4 is 0 Å². The van der Waals surface area contributed by atoms with Gasteiger partial charge in [-0.25, -0.2) is 0 Å². The van der Waals surface area contributed by atoms with Gasteiger partial charge in [-0.05, 0) is 18.3 Å². The molecule has 4 fully saturated rings. The van der Waals surface area contributed by atoms with Gasteiger partial charge in [0.15, 0.2) is 0 Å². The van der Waals surface area contributed by atoms with Crippen LogP contribution in [0.15, 0.2) is 0 Å². The quantitative estimate of drug-likeness (QED) is 0.726. The molecular weight excluding hydrogens is 256 g/mol. The molecular formula is C16H24O4. The van der Waals surface area contributed by atoms with Crippen LogP contribution in [0, 0.1) is 29.1 Å². The van der Waals surface area contributed by atoms with Crippen LogP contribution in [-0.2, 0) is 19.0 Å². The molecule has 4 aliphatic rings. The smallest absolute Gasteiger partial charge is 0.302 e. The molecule has 9 atom stereocenters. The van der Waals surface area contributed by atoms with Gasteiger partial charge in [0.2, 0.25) is 0 Å². The van der Waals surface area contributed by atoms with Gasteiger partial charge in [-0.15, -0.1) is 0 Å². The molecule has 0 spiro atoms. The van der Waals surface area contributed by atoms with Crippen LogP contribution in [0.1, 0.15) is 34.1 Å². The molecule has 4 aliphatic heterocycles. The highest BCUT2D eigenvalue weighted by Crippen LogP contribution is 2.67. The summed E-state index contributed by atoms with van der Waals surface area (Å²) in [5.41, 5.74) is 0.175. The van der Waals surface area contributed by atoms with Crippen LogP contribution in [0.2, 0.25) is 0 Å². The highest BCUT2D eigenvalue weighted by atomic mass is 16.6. The summed E-state index contributed by atoms with van der Waals surface area (Å²) in [5.74, 6) is 1.87. The lowest BCUT2D eigenvalue weighted by Gasteiger charge is -2.45. The van der Waals surface area contributed by atoms with E-state index in [4.69, 9.17) is 14.2 Å². The van der Waals surface area contributed by atoms with Gasteiger partial charge in [0, 0.05) is 24.2 Å². The number of hydrogen-bond donors (Lipinski definition) is 0. The summed E-state index contributed by atoms with van der Waals surface area (Å²) in [6.07, 6.45) is 2.18. The largest absolute Gasteiger partial charge is 0.465 e. The van der Waals surface area contributed by atoms with Crippen LogP contribution in [0.3, 0.4) is 0 Å². The van der Waals surface area contributed by atoms with Gasteiger partial charge in [-0.1, -0.05) is 20.8 Å². The van der Waals surface area contributed by atoms with Crippen LogP contribution in [0.25, 0.3) is 0 Å². The fourth-order valence-corrected chi connectivity index (χ4v) is 5.53. The minimum atomic E-state index is -0.193. The monoisotopic (exact) mass is 280 g/mol. The van der Waals surface area contributed by atoms with Crippen LogP contribution in [0.5, 0.6) is 0 Å². The molecule has 4 nitrogen and oxygen atoms in total. The number of carbonyl (C=O) groups excluding carboxylic acids is 1. The lowest BCUT2D eigenvalue weighted by molar-refractivity contribution is -0.143. The molecule has 0 aliphatic carbocycles. The standard InChI is InChI=1S/C16H24O4/c1-7-8(2)15-16(4)11-5-10(6-18-9(3)17)14(19-11)12(16)13(7)20-15/h7-8,10-15H,5-6H2,1-4H3. The molecule has 4 saturated heterocycles. The fourth-order valence-electron chi connectivity index (χ4n) is 5.53. The van der Waals surface area contributed by atoms with Crippen molar-refractivity contribution in [2.45, 2.75) is 58.5 Å². The Morgan fingerprint density at radius 1 is 1.25 bits per heavy atom. The molecule has 0 saturated carbocycles. The lowest BCUT2D eigenvalue weighted by Crippen LogP contribution is -2.53. The molecule has 20 heavy (non-hydrogen) atoms. The maximum atomic E-state index is 11.0. The summed E-state index contributed by atoms with van der Waals surface area (Å²) in [6, 6.07) is 0. The van der Waals surface area contributed by atoms with Crippen molar-refractivity contribution in [1.82, 2.24) is 0 Å². The number of rotatable bonds is 2. The van der Waals surface area contributed by atoms with Crippen molar-refractivity contribution >= 4 is 5.97 Å². The molecule has 112 valence electrons. The molecule has 4 heterocycles. The van der Waals surface area contributed by atoms with Crippen LogP contribution in [0.4, 0.5) is 0 Å². The summed E-state index contributed by atoms with van der Waals surface area (Å²) < 4.78 is 17.9. The second-order valence-electron chi connectivity index (χ2n) is 7.52. The molecule has 0 aromatic carbocycles. The number of fused-ring (bicyclic) bond motifs is 9. The zero-order chi connectivity index (χ0) is 14.2. The number of esters is 1. The van der Waals surface area contributed by atoms with Gasteiger partial charge in [0.1, 0.15) is 0 Å². The zero-order valence-electron chi connectivity index (χ0n) is 12.7. The Morgan fingerprint density at radius 3 is 2.70 bits per heavy atom. The van der Waals surface area contributed by atoms with E-state index in [1.165, 1.54) is 6.92 Å². The van der Waals surface area contributed by atoms with E-state index < -0.39 is 0 Å². The van der Waals surface area contributed by atoms with E-state index in [1.54, 1.807) is 0 Å². The average Bonchev–Trinajstić information content (AvgIpc) is 3.06. The molecule has 4 bridgehead atoms. The van der Waals surface area contributed by atoms with Gasteiger partial charge in [0.05, 0.1) is 31.0 Å². The molecule has 0 aromatic rings. The average molecular weight is 280 g/mol. The Morgan fingerprint density at radius 2 is 2.00 bits per heavy atom. The third-order valence-corrected chi connectivity index (χ3v) is 6.67. The summed E-state index contributed by atoms with van der Waals surface area (Å²) in [6.45, 7) is 8.96. The van der Waals surface area contributed by atoms with E-state index in [1.807, 2.05) is 0 Å². The van der Waals surface area contributed by atoms with Gasteiger partial charge in [0.25, 0.3) is 0 Å². The van der Waals surface area contributed by atoms with Crippen molar-refractivity contribution in [3.8, 4) is 0 Å². The predicted molar refractivity (Wildman–Crippen MR) is 72.0 cm³/mol. The van der Waals surface area contributed by atoms with Crippen LogP contribution in [-0.4, -0.2) is 37.0 Å². The minimum Gasteiger partial charge on any atom is -0.465 e. The SMILES string of the molecule is CC(=O)OCC1CC2OC1C1C3OC(C(C)C3C)C21C. The first kappa shape index (κ1) is 13.1. The Kier molecular flexibility index (Phi) is 2.60. The maximum Gasteiger partial charge on any atom is 0.302 e. The summed E-state index contributed by atoms with van der Waals surface area (Å²) in [7, 11) is 0. The highest BCUT2D eigenvalue weighted by molar-refractivity contribution is 5.65. The van der Waals surface area contributed by atoms with Gasteiger partial charge in [-0.2, -0.15) is 0 Å². The first-order valence-electron chi connectivity index (χ1n) is 7.89. The summed E-state index contributed by atoms with van der Waals surface area (Å²) in [5, 5.41) is 0. The molecule has 9 unspecified atom stereocenters. The molecule has 0 amide bonds. The summed E-state index contributed by atoms with van der Waals surface area (Å²) in [4.78, 5) is 11.0. The minimum absolute atomic E-state index is 0.175. The van der Waals surface area contributed by atoms with Gasteiger partial charge < -0.3 is 14.2 Å². The van der Waals surface area contributed by atoms with E-state index in [0.717, 1.165) is 6.42 Å². The topological polar surface area (TPSA) is 44.8 Å². The molecule has 0 radical (unpaired) electrons. The zero-order valence-corrected chi connectivity index (χ0v) is 12.7. The van der Waals surface area contributed by atoms with E-state index in [2.05, 4.69) is 20.8 Å². The predicted octanol–water partition coefficient (Wildman–Crippen LogP) is 2.01. The molecule has 4 heteroatoms. The van der Waals surface area contributed by atoms with Crippen molar-refractivity contribution in [1.29, 1.82) is 0 Å². The van der Waals surface area contributed by atoms with E-state index in [0.29, 0.717) is 42.5 Å². The Labute approximate surface area is 120 Å². The third-order valence-electron chi connectivity index (χ3n) is 6.67. The molecule has 4 rings (SSSR count). The van der Waals surface area contributed by atoms with E-state index in [9.17, 15) is 4.79 Å². The van der Waals surface area contributed by atoms with Crippen molar-refractivity contribution in [2.24, 2.45) is 29.1 Å². The van der Waals surface area contributed by atoms with Crippen molar-refractivity contribution < 1.29 is 19.0 Å². The lowest BCUT2D eigenvalue weighted by atomic mass is 9.54. The molecule has 0 N–H and O–H groups in total. The van der Waals surface area contributed by atoms with Crippen molar-refractivity contribution in [2.75, 3.05) is 6.61 Å². The number of hydrogen-bond acceptors (Lipinski definition) is 4. The van der Waals surface area contributed by atoms with Gasteiger partial charge in [-0.3, -0.25) is 4.79 Å². The van der Waals surface area contributed by atoms with Gasteiger partial charge >= 0.3 is 5.97 Å². The first-order valence-corrected chi connectivity index (χ1v) is 7.89. The fraction of sp³-hybridized carbons (Fsp3) is 0.938. The van der Waals surface area contributed by atoms with Crippen molar-refractivity contribution in [3.63, 3.8) is 0 Å². The third kappa shape index (κ3) is 1.37. The van der Waals surface area contributed by atoms with Crippen LogP contribution >= 0.6 is 0 Å². The van der Waals surface area contributed by atoms with E-state index in [-0.39, 0.29) is 23.6 Å². The molecule has 0 aromatic heterocycles. The normalized spacial score (nSPS) is 59.0. The Bertz CT molecular complexity index is 450. The Balaban J connectivity index is 1.58. The number of ether oxygens (including phenoxy) is 3. The maximum absolute atomic E-state index is 11.0. The Hall–Kier alpha value is -0.610. The first-order chi connectivity index (χ1) is 9.44.